The molecule has 1 heterocycles. The lowest BCUT2D eigenvalue weighted by molar-refractivity contribution is 0.543. The van der Waals surface area contributed by atoms with E-state index in [2.05, 4.69) is 15.4 Å². The van der Waals surface area contributed by atoms with Crippen LogP contribution in [-0.4, -0.2) is 30.8 Å². The number of guanidine groups is 1. The van der Waals surface area contributed by atoms with Crippen LogP contribution in [0.25, 0.3) is 0 Å². The molecule has 1 aliphatic heterocycles. The third kappa shape index (κ3) is 1.70. The van der Waals surface area contributed by atoms with Gasteiger partial charge in [-0.2, -0.15) is 5.10 Å². The fourth-order valence-electron chi connectivity index (χ4n) is 1.64. The van der Waals surface area contributed by atoms with Gasteiger partial charge in [-0.3, -0.25) is 4.99 Å². The Hall–Kier alpha value is -1.84. The molecule has 1 aliphatic rings. The Morgan fingerprint density at radius 2 is 2.07 bits per heavy atom. The third-order valence-corrected chi connectivity index (χ3v) is 2.38. The molecule has 1 aromatic carbocycles. The number of aliphatic imine (C=N–C) groups is 1. The highest BCUT2D eigenvalue weighted by molar-refractivity contribution is 6.09. The van der Waals surface area contributed by atoms with E-state index in [1.165, 1.54) is 0 Å². The van der Waals surface area contributed by atoms with Gasteiger partial charge in [-0.25, -0.2) is 5.01 Å². The Bertz CT molecular complexity index is 434. The second-order valence-corrected chi connectivity index (χ2v) is 3.43. The molecule has 0 bridgehead atoms. The van der Waals surface area contributed by atoms with Gasteiger partial charge < -0.3 is 5.32 Å². The number of hydrogen-bond acceptors (Lipinski definition) is 2. The maximum Gasteiger partial charge on any atom is 0.218 e. The predicted molar refractivity (Wildman–Crippen MR) is 63.4 cm³/mol. The maximum atomic E-state index is 4.43. The first-order valence-corrected chi connectivity index (χ1v) is 4.84. The van der Waals surface area contributed by atoms with Crippen LogP contribution in [0.2, 0.25) is 0 Å². The molecule has 2 rings (SSSR count). The normalized spacial score (nSPS) is 17.9. The van der Waals surface area contributed by atoms with Crippen LogP contribution in [0.1, 0.15) is 12.5 Å². The van der Waals surface area contributed by atoms with Gasteiger partial charge in [0, 0.05) is 19.7 Å². The van der Waals surface area contributed by atoms with Crippen LogP contribution < -0.4 is 5.32 Å². The van der Waals surface area contributed by atoms with Crippen LogP contribution >= 0.6 is 0 Å². The van der Waals surface area contributed by atoms with Crippen molar-refractivity contribution in [1.29, 1.82) is 0 Å². The molecule has 0 aliphatic carbocycles. The average molecular weight is 202 g/mol. The van der Waals surface area contributed by atoms with Gasteiger partial charge in [0.2, 0.25) is 5.96 Å². The highest BCUT2D eigenvalue weighted by atomic mass is 15.5. The van der Waals surface area contributed by atoms with E-state index in [9.17, 15) is 0 Å². The van der Waals surface area contributed by atoms with Crippen molar-refractivity contribution in [1.82, 2.24) is 5.01 Å². The van der Waals surface area contributed by atoms with Gasteiger partial charge in [0.25, 0.3) is 0 Å². The van der Waals surface area contributed by atoms with Crippen molar-refractivity contribution < 1.29 is 0 Å². The lowest BCUT2D eigenvalue weighted by Crippen LogP contribution is -2.27. The Kier molecular flexibility index (Phi) is 2.41. The van der Waals surface area contributed by atoms with Crippen molar-refractivity contribution in [2.24, 2.45) is 10.1 Å². The minimum absolute atomic E-state index is 0.749. The number of rotatable bonds is 0. The number of anilines is 1. The molecule has 0 unspecified atom stereocenters. The molecule has 0 amide bonds. The van der Waals surface area contributed by atoms with Crippen molar-refractivity contribution in [3.05, 3.63) is 29.8 Å². The Balaban J connectivity index is 2.55. The first-order chi connectivity index (χ1) is 7.22. The lowest BCUT2D eigenvalue weighted by Gasteiger charge is -2.14. The molecule has 0 saturated heterocycles. The molecular formula is C11H14N4. The van der Waals surface area contributed by atoms with Crippen molar-refractivity contribution >= 4 is 17.4 Å². The summed E-state index contributed by atoms with van der Waals surface area (Å²) >= 11 is 0. The van der Waals surface area contributed by atoms with E-state index in [1.807, 2.05) is 38.2 Å². The lowest BCUT2D eigenvalue weighted by atomic mass is 10.1. The molecule has 0 atom stereocenters. The zero-order valence-electron chi connectivity index (χ0n) is 9.15. The molecule has 15 heavy (non-hydrogen) atoms. The highest BCUT2D eigenvalue weighted by Crippen LogP contribution is 2.19. The SMILES string of the molecule is CN=C1Nc2ccccc2C(C)=NN1C. The summed E-state index contributed by atoms with van der Waals surface area (Å²) in [6, 6.07) is 8.08. The number of para-hydroxylation sites is 1. The minimum Gasteiger partial charge on any atom is -0.324 e. The Morgan fingerprint density at radius 1 is 1.33 bits per heavy atom. The Morgan fingerprint density at radius 3 is 2.80 bits per heavy atom. The first-order valence-electron chi connectivity index (χ1n) is 4.84. The summed E-state index contributed by atoms with van der Waals surface area (Å²) in [5.74, 6) is 0.749. The number of hydrogen-bond donors (Lipinski definition) is 1. The summed E-state index contributed by atoms with van der Waals surface area (Å²) in [4.78, 5) is 4.15. The van der Waals surface area contributed by atoms with Gasteiger partial charge in [0.15, 0.2) is 0 Å². The van der Waals surface area contributed by atoms with Crippen molar-refractivity contribution in [2.75, 3.05) is 19.4 Å². The van der Waals surface area contributed by atoms with E-state index >= 15 is 0 Å². The van der Waals surface area contributed by atoms with Gasteiger partial charge in [-0.15, -0.1) is 0 Å². The molecular weight excluding hydrogens is 188 g/mol. The quantitative estimate of drug-likeness (QED) is 0.696. The molecule has 78 valence electrons. The smallest absolute Gasteiger partial charge is 0.218 e. The zero-order chi connectivity index (χ0) is 10.8. The second kappa shape index (κ2) is 3.73. The predicted octanol–water partition coefficient (Wildman–Crippen LogP) is 1.75. The van der Waals surface area contributed by atoms with E-state index in [0.29, 0.717) is 0 Å². The van der Waals surface area contributed by atoms with Crippen LogP contribution in [0.5, 0.6) is 0 Å². The summed E-state index contributed by atoms with van der Waals surface area (Å²) in [6.07, 6.45) is 0. The van der Waals surface area contributed by atoms with Gasteiger partial charge >= 0.3 is 0 Å². The number of nitrogens with one attached hydrogen (secondary N) is 1. The molecule has 4 nitrogen and oxygen atoms in total. The standard InChI is InChI=1S/C11H14N4/c1-8-9-6-4-5-7-10(9)13-11(12-2)15(3)14-8/h4-7H,1-3H3,(H,12,13). The monoisotopic (exact) mass is 202 g/mol. The summed E-state index contributed by atoms with van der Waals surface area (Å²) in [5, 5.41) is 9.42. The molecule has 1 aromatic rings. The largest absolute Gasteiger partial charge is 0.324 e. The third-order valence-electron chi connectivity index (χ3n) is 2.38. The maximum absolute atomic E-state index is 4.43. The Labute approximate surface area is 89.3 Å². The second-order valence-electron chi connectivity index (χ2n) is 3.43. The number of nitrogens with zero attached hydrogens (tertiary/aromatic N) is 3. The van der Waals surface area contributed by atoms with Crippen LogP contribution in [0.4, 0.5) is 5.69 Å². The van der Waals surface area contributed by atoms with Gasteiger partial charge in [-0.1, -0.05) is 18.2 Å². The first kappa shape index (κ1) is 9.71. The molecule has 0 aromatic heterocycles. The van der Waals surface area contributed by atoms with E-state index in [0.717, 1.165) is 22.9 Å². The molecule has 0 radical (unpaired) electrons. The van der Waals surface area contributed by atoms with Crippen LogP contribution in [0.3, 0.4) is 0 Å². The van der Waals surface area contributed by atoms with Crippen molar-refractivity contribution in [3.8, 4) is 0 Å². The number of hydrazone groups is 1. The topological polar surface area (TPSA) is 40.0 Å². The van der Waals surface area contributed by atoms with E-state index in [-0.39, 0.29) is 0 Å². The van der Waals surface area contributed by atoms with Gasteiger partial charge in [-0.05, 0) is 13.0 Å². The zero-order valence-corrected chi connectivity index (χ0v) is 9.15. The van der Waals surface area contributed by atoms with Crippen molar-refractivity contribution in [3.63, 3.8) is 0 Å². The molecule has 4 heteroatoms. The molecule has 1 N–H and O–H groups in total. The number of fused-ring (bicyclic) bond motifs is 1. The van der Waals surface area contributed by atoms with Crippen LogP contribution in [-0.2, 0) is 0 Å². The highest BCUT2D eigenvalue weighted by Gasteiger charge is 2.14. The minimum atomic E-state index is 0.749. The summed E-state index contributed by atoms with van der Waals surface area (Å²) < 4.78 is 0. The molecule has 0 fully saturated rings. The fourth-order valence-corrected chi connectivity index (χ4v) is 1.64. The molecule has 0 saturated carbocycles. The van der Waals surface area contributed by atoms with E-state index in [4.69, 9.17) is 0 Å². The van der Waals surface area contributed by atoms with E-state index < -0.39 is 0 Å². The molecule has 0 spiro atoms. The summed E-state index contributed by atoms with van der Waals surface area (Å²) in [7, 11) is 3.63. The fraction of sp³-hybridized carbons (Fsp3) is 0.273. The van der Waals surface area contributed by atoms with Crippen LogP contribution in [0.15, 0.2) is 34.4 Å². The summed E-state index contributed by atoms with van der Waals surface area (Å²) in [6.45, 7) is 2.00. The number of benzene rings is 1. The van der Waals surface area contributed by atoms with Gasteiger partial charge in [0.1, 0.15) is 0 Å². The van der Waals surface area contributed by atoms with Gasteiger partial charge in [0.05, 0.1) is 11.4 Å². The summed E-state index contributed by atoms with van der Waals surface area (Å²) in [5.41, 5.74) is 3.14. The van der Waals surface area contributed by atoms with Crippen LogP contribution in [0, 0.1) is 0 Å². The average Bonchev–Trinajstić information content (AvgIpc) is 2.36. The van der Waals surface area contributed by atoms with E-state index in [1.54, 1.807) is 12.1 Å². The van der Waals surface area contributed by atoms with Crippen molar-refractivity contribution in [2.45, 2.75) is 6.92 Å².